The van der Waals surface area contributed by atoms with E-state index < -0.39 is 0 Å². The van der Waals surface area contributed by atoms with Crippen molar-refractivity contribution in [3.05, 3.63) is 22.4 Å². The molecule has 0 radical (unpaired) electrons. The summed E-state index contributed by atoms with van der Waals surface area (Å²) in [7, 11) is 0. The molecule has 0 saturated heterocycles. The summed E-state index contributed by atoms with van der Waals surface area (Å²) in [6.45, 7) is 3.47. The van der Waals surface area contributed by atoms with Crippen molar-refractivity contribution < 1.29 is 9.53 Å². The number of thiophene rings is 1. The second kappa shape index (κ2) is 5.46. The predicted molar refractivity (Wildman–Crippen MR) is 64.4 cm³/mol. The minimum absolute atomic E-state index is 0.121. The van der Waals surface area contributed by atoms with Gasteiger partial charge in [-0.05, 0) is 42.2 Å². The summed E-state index contributed by atoms with van der Waals surface area (Å²) in [5.41, 5.74) is 1.22. The van der Waals surface area contributed by atoms with E-state index in [0.29, 0.717) is 12.6 Å². The van der Waals surface area contributed by atoms with E-state index in [4.69, 9.17) is 4.74 Å². The van der Waals surface area contributed by atoms with Crippen LogP contribution >= 0.6 is 11.3 Å². The molecule has 0 aromatic carbocycles. The number of rotatable bonds is 6. The van der Waals surface area contributed by atoms with E-state index >= 15 is 0 Å². The van der Waals surface area contributed by atoms with E-state index in [1.54, 1.807) is 11.3 Å². The summed E-state index contributed by atoms with van der Waals surface area (Å²) in [4.78, 5) is 13.9. The van der Waals surface area contributed by atoms with Crippen LogP contribution in [0.25, 0.3) is 0 Å². The van der Waals surface area contributed by atoms with Crippen LogP contribution in [0.2, 0.25) is 0 Å². The Morgan fingerprint density at radius 1 is 1.62 bits per heavy atom. The van der Waals surface area contributed by atoms with Gasteiger partial charge in [-0.1, -0.05) is 0 Å². The monoisotopic (exact) mass is 239 g/mol. The van der Waals surface area contributed by atoms with Crippen molar-refractivity contribution in [3.8, 4) is 0 Å². The molecule has 0 bridgehead atoms. The van der Waals surface area contributed by atoms with Crippen molar-refractivity contribution in [1.29, 1.82) is 0 Å². The van der Waals surface area contributed by atoms with Crippen LogP contribution in [0.5, 0.6) is 0 Å². The number of hydrogen-bond acceptors (Lipinski definition) is 3. The maximum absolute atomic E-state index is 11.9. The molecule has 0 N–H and O–H groups in total. The Kier molecular flexibility index (Phi) is 3.96. The minimum atomic E-state index is 0.121. The molecule has 1 aliphatic carbocycles. The van der Waals surface area contributed by atoms with Gasteiger partial charge in [0.05, 0.1) is 0 Å². The fourth-order valence-electron chi connectivity index (χ4n) is 1.66. The highest BCUT2D eigenvalue weighted by Gasteiger charge is 2.32. The van der Waals surface area contributed by atoms with E-state index in [9.17, 15) is 4.79 Å². The molecule has 1 heterocycles. The van der Waals surface area contributed by atoms with Crippen molar-refractivity contribution >= 4 is 17.2 Å². The minimum Gasteiger partial charge on any atom is -0.372 e. The van der Waals surface area contributed by atoms with Crippen LogP contribution in [0.1, 0.15) is 25.3 Å². The summed E-state index contributed by atoms with van der Waals surface area (Å²) < 4.78 is 5.18. The van der Waals surface area contributed by atoms with Gasteiger partial charge in [0.15, 0.2) is 0 Å². The van der Waals surface area contributed by atoms with Gasteiger partial charge in [0, 0.05) is 19.2 Å². The number of nitrogens with zero attached hydrogens (tertiary/aromatic N) is 1. The first-order chi connectivity index (χ1) is 7.81. The van der Waals surface area contributed by atoms with Crippen molar-refractivity contribution in [3.63, 3.8) is 0 Å². The lowest BCUT2D eigenvalue weighted by Crippen LogP contribution is -2.35. The van der Waals surface area contributed by atoms with Crippen LogP contribution in [-0.2, 0) is 16.1 Å². The zero-order valence-electron chi connectivity index (χ0n) is 9.52. The molecule has 3 nitrogen and oxygen atoms in total. The van der Waals surface area contributed by atoms with Gasteiger partial charge in [-0.3, -0.25) is 4.79 Å². The Morgan fingerprint density at radius 3 is 3.00 bits per heavy atom. The molecule has 1 aromatic heterocycles. The van der Waals surface area contributed by atoms with Gasteiger partial charge in [0.1, 0.15) is 6.61 Å². The molecule has 0 atom stereocenters. The molecule has 4 heteroatoms. The Hall–Kier alpha value is -0.870. The highest BCUT2D eigenvalue weighted by atomic mass is 32.1. The maximum atomic E-state index is 11.9. The summed E-state index contributed by atoms with van der Waals surface area (Å²) in [5.74, 6) is 0.121. The van der Waals surface area contributed by atoms with Crippen LogP contribution in [0.3, 0.4) is 0 Å². The molecule has 1 aliphatic rings. The Morgan fingerprint density at radius 2 is 2.44 bits per heavy atom. The smallest absolute Gasteiger partial charge is 0.249 e. The predicted octanol–water partition coefficient (Wildman–Crippen LogP) is 2.28. The normalized spacial score (nSPS) is 15.1. The highest BCUT2D eigenvalue weighted by Crippen LogP contribution is 2.28. The molecule has 1 aromatic rings. The Balaban J connectivity index is 1.92. The number of ether oxygens (including phenoxy) is 1. The van der Waals surface area contributed by atoms with E-state index in [1.165, 1.54) is 5.56 Å². The number of carbonyl (C=O) groups excluding carboxylic acids is 1. The van der Waals surface area contributed by atoms with Crippen LogP contribution in [0.15, 0.2) is 16.8 Å². The van der Waals surface area contributed by atoms with E-state index in [0.717, 1.165) is 19.4 Å². The van der Waals surface area contributed by atoms with Crippen LogP contribution in [0.4, 0.5) is 0 Å². The third kappa shape index (κ3) is 3.06. The number of hydrogen-bond donors (Lipinski definition) is 0. The van der Waals surface area contributed by atoms with E-state index in [1.807, 2.05) is 17.2 Å². The van der Waals surface area contributed by atoms with Crippen LogP contribution < -0.4 is 0 Å². The van der Waals surface area contributed by atoms with Crippen molar-refractivity contribution in [2.45, 2.75) is 32.4 Å². The van der Waals surface area contributed by atoms with Crippen molar-refractivity contribution in [2.24, 2.45) is 0 Å². The molecule has 1 fully saturated rings. The van der Waals surface area contributed by atoms with Gasteiger partial charge in [-0.25, -0.2) is 0 Å². The topological polar surface area (TPSA) is 29.5 Å². The fourth-order valence-corrected chi connectivity index (χ4v) is 2.32. The lowest BCUT2D eigenvalue weighted by molar-refractivity contribution is -0.137. The third-order valence-electron chi connectivity index (χ3n) is 2.67. The summed E-state index contributed by atoms with van der Waals surface area (Å²) in [5, 5.41) is 4.15. The van der Waals surface area contributed by atoms with Gasteiger partial charge >= 0.3 is 0 Å². The highest BCUT2D eigenvalue weighted by molar-refractivity contribution is 7.07. The van der Waals surface area contributed by atoms with Gasteiger partial charge < -0.3 is 9.64 Å². The zero-order chi connectivity index (χ0) is 11.4. The molecule has 0 aliphatic heterocycles. The average molecular weight is 239 g/mol. The molecular formula is C12H17NO2S. The quantitative estimate of drug-likeness (QED) is 0.762. The third-order valence-corrected chi connectivity index (χ3v) is 3.40. The molecule has 0 unspecified atom stereocenters. The maximum Gasteiger partial charge on any atom is 0.249 e. The summed E-state index contributed by atoms with van der Waals surface area (Å²) >= 11 is 1.67. The largest absolute Gasteiger partial charge is 0.372 e. The van der Waals surface area contributed by atoms with Crippen LogP contribution in [0, 0.1) is 0 Å². The van der Waals surface area contributed by atoms with Gasteiger partial charge in [0.2, 0.25) is 5.91 Å². The SMILES string of the molecule is CCOCC(=O)N(Cc1ccsc1)C1CC1. The van der Waals surface area contributed by atoms with Crippen LogP contribution in [-0.4, -0.2) is 30.1 Å². The zero-order valence-corrected chi connectivity index (χ0v) is 10.3. The second-order valence-corrected chi connectivity index (χ2v) is 4.80. The summed E-state index contributed by atoms with van der Waals surface area (Å²) in [6, 6.07) is 2.53. The lowest BCUT2D eigenvalue weighted by Gasteiger charge is -2.21. The number of amides is 1. The Labute approximate surface area is 100 Å². The molecule has 88 valence electrons. The lowest BCUT2D eigenvalue weighted by atomic mass is 10.3. The van der Waals surface area contributed by atoms with E-state index in [-0.39, 0.29) is 12.5 Å². The first kappa shape index (κ1) is 11.6. The average Bonchev–Trinajstić information content (AvgIpc) is 3.00. The first-order valence-corrected chi connectivity index (χ1v) is 6.64. The molecule has 1 saturated carbocycles. The van der Waals surface area contributed by atoms with E-state index in [2.05, 4.69) is 11.4 Å². The van der Waals surface area contributed by atoms with Crippen molar-refractivity contribution in [2.75, 3.05) is 13.2 Å². The van der Waals surface area contributed by atoms with Gasteiger partial charge in [0.25, 0.3) is 0 Å². The van der Waals surface area contributed by atoms with Gasteiger partial charge in [-0.2, -0.15) is 11.3 Å². The molecule has 0 spiro atoms. The second-order valence-electron chi connectivity index (χ2n) is 4.02. The number of carbonyl (C=O) groups is 1. The molecule has 2 rings (SSSR count). The van der Waals surface area contributed by atoms with Crippen molar-refractivity contribution in [1.82, 2.24) is 4.90 Å². The fraction of sp³-hybridized carbons (Fsp3) is 0.583. The molecule has 16 heavy (non-hydrogen) atoms. The first-order valence-electron chi connectivity index (χ1n) is 5.69. The molecule has 1 amide bonds. The Bertz CT molecular complexity index is 333. The summed E-state index contributed by atoms with van der Waals surface area (Å²) in [6.07, 6.45) is 2.28. The standard InChI is InChI=1S/C12H17NO2S/c1-2-15-8-12(14)13(11-3-4-11)7-10-5-6-16-9-10/h5-6,9,11H,2-4,7-8H2,1H3. The molecular weight excluding hydrogens is 222 g/mol. The van der Waals surface area contributed by atoms with Gasteiger partial charge in [-0.15, -0.1) is 0 Å².